The first-order chi connectivity index (χ1) is 16.9. The highest BCUT2D eigenvalue weighted by Crippen LogP contribution is 2.27. The molecule has 182 valence electrons. The molecule has 3 N–H and O–H groups in total. The van der Waals surface area contributed by atoms with Crippen molar-refractivity contribution >= 4 is 40.9 Å². The van der Waals surface area contributed by atoms with Crippen molar-refractivity contribution in [3.05, 3.63) is 64.6 Å². The highest BCUT2D eigenvalue weighted by molar-refractivity contribution is 8.18. The topological polar surface area (TPSA) is 123 Å². The van der Waals surface area contributed by atoms with Gasteiger partial charge in [-0.15, -0.1) is 0 Å². The van der Waals surface area contributed by atoms with Crippen LogP contribution in [0.1, 0.15) is 24.0 Å². The number of carbonyl (C=O) groups excluding carboxylic acids is 4. The summed E-state index contributed by atoms with van der Waals surface area (Å²) < 4.78 is 10.7. The van der Waals surface area contributed by atoms with Crippen LogP contribution in [-0.2, 0) is 25.5 Å². The largest absolute Gasteiger partial charge is 0.467 e. The summed E-state index contributed by atoms with van der Waals surface area (Å²) in [6.45, 7) is 0.792. The van der Waals surface area contributed by atoms with E-state index in [1.165, 1.54) is 7.11 Å². The van der Waals surface area contributed by atoms with Gasteiger partial charge in [0, 0.05) is 6.42 Å². The summed E-state index contributed by atoms with van der Waals surface area (Å²) in [5.41, 5.74) is 1.61. The quantitative estimate of drug-likeness (QED) is 0.377. The molecule has 2 aliphatic rings. The molecule has 0 saturated carbocycles. The molecular weight excluding hydrogens is 470 g/mol. The molecule has 2 saturated heterocycles. The maximum absolute atomic E-state index is 12.4. The first-order valence-electron chi connectivity index (χ1n) is 11.1. The van der Waals surface area contributed by atoms with E-state index in [0.717, 1.165) is 42.3 Å². The zero-order valence-electron chi connectivity index (χ0n) is 19.0. The van der Waals surface area contributed by atoms with Gasteiger partial charge in [0.05, 0.1) is 18.1 Å². The molecule has 2 unspecified atom stereocenters. The highest BCUT2D eigenvalue weighted by Gasteiger charge is 2.28. The number of amides is 3. The third kappa shape index (κ3) is 6.49. The van der Waals surface area contributed by atoms with E-state index in [9.17, 15) is 19.2 Å². The van der Waals surface area contributed by atoms with Crippen molar-refractivity contribution in [2.24, 2.45) is 0 Å². The monoisotopic (exact) mass is 495 g/mol. The summed E-state index contributed by atoms with van der Waals surface area (Å²) in [5, 5.41) is 7.76. The maximum Gasteiger partial charge on any atom is 0.328 e. The van der Waals surface area contributed by atoms with E-state index in [-0.39, 0.29) is 17.2 Å². The summed E-state index contributed by atoms with van der Waals surface area (Å²) in [6.07, 6.45) is 3.62. The van der Waals surface area contributed by atoms with Gasteiger partial charge < -0.3 is 20.1 Å². The first kappa shape index (κ1) is 24.5. The Kier molecular flexibility index (Phi) is 7.84. The van der Waals surface area contributed by atoms with Crippen molar-refractivity contribution in [1.29, 1.82) is 0 Å². The van der Waals surface area contributed by atoms with Crippen molar-refractivity contribution in [3.8, 4) is 11.5 Å². The van der Waals surface area contributed by atoms with Gasteiger partial charge in [-0.05, 0) is 72.6 Å². The van der Waals surface area contributed by atoms with Crippen LogP contribution in [-0.4, -0.2) is 48.8 Å². The number of methoxy groups -OCH3 is 1. The number of hydrogen-bond acceptors (Lipinski definition) is 8. The van der Waals surface area contributed by atoms with Crippen LogP contribution in [0, 0.1) is 0 Å². The van der Waals surface area contributed by atoms with Gasteiger partial charge in [-0.2, -0.15) is 0 Å². The molecule has 35 heavy (non-hydrogen) atoms. The van der Waals surface area contributed by atoms with Gasteiger partial charge in [0.1, 0.15) is 17.5 Å². The molecule has 0 aliphatic carbocycles. The van der Waals surface area contributed by atoms with Gasteiger partial charge in [-0.1, -0.05) is 24.3 Å². The van der Waals surface area contributed by atoms with Crippen molar-refractivity contribution in [2.45, 2.75) is 31.3 Å². The molecule has 2 fully saturated rings. The second kappa shape index (κ2) is 11.2. The number of ether oxygens (including phenoxy) is 2. The average molecular weight is 496 g/mol. The number of thioether (sulfide) groups is 1. The Morgan fingerprint density at radius 3 is 2.37 bits per heavy atom. The summed E-state index contributed by atoms with van der Waals surface area (Å²) in [6, 6.07) is 13.3. The summed E-state index contributed by atoms with van der Waals surface area (Å²) >= 11 is 0.868. The molecule has 2 aliphatic heterocycles. The van der Waals surface area contributed by atoms with E-state index in [1.54, 1.807) is 42.5 Å². The smallest absolute Gasteiger partial charge is 0.328 e. The molecule has 3 amide bonds. The molecule has 2 aromatic carbocycles. The van der Waals surface area contributed by atoms with E-state index in [0.29, 0.717) is 22.8 Å². The molecule has 2 heterocycles. The second-order valence-corrected chi connectivity index (χ2v) is 9.12. The minimum Gasteiger partial charge on any atom is -0.467 e. The van der Waals surface area contributed by atoms with Crippen LogP contribution in [0.3, 0.4) is 0 Å². The molecule has 10 heteroatoms. The Bertz CT molecular complexity index is 1140. The number of benzene rings is 2. The van der Waals surface area contributed by atoms with Crippen LogP contribution < -0.4 is 20.7 Å². The molecule has 0 aromatic heterocycles. The lowest BCUT2D eigenvalue weighted by atomic mass is 10.0. The number of nitrogens with one attached hydrogen (secondary N) is 3. The Hall–Kier alpha value is -3.63. The molecule has 4 rings (SSSR count). The van der Waals surface area contributed by atoms with Gasteiger partial charge in [-0.3, -0.25) is 19.7 Å². The predicted octanol–water partition coefficient (Wildman–Crippen LogP) is 2.76. The van der Waals surface area contributed by atoms with Gasteiger partial charge in [-0.25, -0.2) is 4.79 Å². The summed E-state index contributed by atoms with van der Waals surface area (Å²) in [7, 11) is 1.30. The summed E-state index contributed by atoms with van der Waals surface area (Å²) in [4.78, 5) is 47.9. The van der Waals surface area contributed by atoms with E-state index in [2.05, 4.69) is 16.0 Å². The van der Waals surface area contributed by atoms with Crippen molar-refractivity contribution in [3.63, 3.8) is 0 Å². The van der Waals surface area contributed by atoms with Crippen LogP contribution in [0.5, 0.6) is 11.5 Å². The number of hydrogen-bond donors (Lipinski definition) is 3. The normalized spacial score (nSPS) is 19.3. The first-order valence-corrected chi connectivity index (χ1v) is 12.0. The number of rotatable bonds is 8. The summed E-state index contributed by atoms with van der Waals surface area (Å²) in [5.74, 6) is 0.109. The zero-order valence-corrected chi connectivity index (χ0v) is 19.9. The van der Waals surface area contributed by atoms with Gasteiger partial charge in [0.2, 0.25) is 5.91 Å². The Morgan fingerprint density at radius 1 is 1.11 bits per heavy atom. The zero-order chi connectivity index (χ0) is 24.8. The molecule has 2 atom stereocenters. The van der Waals surface area contributed by atoms with Gasteiger partial charge in [0.15, 0.2) is 0 Å². The minimum absolute atomic E-state index is 0.198. The fraction of sp³-hybridized carbons (Fsp3) is 0.280. The lowest BCUT2D eigenvalue weighted by Crippen LogP contribution is -2.49. The number of carbonyl (C=O) groups is 4. The number of esters is 1. The highest BCUT2D eigenvalue weighted by atomic mass is 32.2. The number of imide groups is 1. The Morgan fingerprint density at radius 2 is 1.80 bits per heavy atom. The predicted molar refractivity (Wildman–Crippen MR) is 131 cm³/mol. The molecular formula is C25H25N3O6S. The van der Waals surface area contributed by atoms with Crippen LogP contribution in [0.15, 0.2) is 53.4 Å². The fourth-order valence-electron chi connectivity index (χ4n) is 3.79. The average Bonchev–Trinajstić information content (AvgIpc) is 3.50. The second-order valence-electron chi connectivity index (χ2n) is 8.10. The van der Waals surface area contributed by atoms with E-state index >= 15 is 0 Å². The van der Waals surface area contributed by atoms with E-state index in [1.807, 2.05) is 12.1 Å². The Labute approximate surface area is 206 Å². The van der Waals surface area contributed by atoms with Crippen LogP contribution in [0.25, 0.3) is 6.08 Å². The van der Waals surface area contributed by atoms with Crippen molar-refractivity contribution in [1.82, 2.24) is 16.0 Å². The standard InChI is InChI=1S/C25H25N3O6S/c1-33-24(31)20(27-22(29)19-3-2-12-26-19)13-15-4-8-17(9-5-15)34-18-10-6-16(7-11-18)14-21-23(30)28-25(32)35-21/h4-11,14,19-20,26H,2-3,12-13H2,1H3,(H,27,29)(H,28,30,32)/b21-14+. The third-order valence-corrected chi connectivity index (χ3v) is 6.41. The maximum atomic E-state index is 12.4. The van der Waals surface area contributed by atoms with Crippen molar-refractivity contribution < 1.29 is 28.7 Å². The molecule has 9 nitrogen and oxygen atoms in total. The molecule has 0 radical (unpaired) electrons. The van der Waals surface area contributed by atoms with Gasteiger partial charge >= 0.3 is 5.97 Å². The Balaban J connectivity index is 1.35. The lowest BCUT2D eigenvalue weighted by Gasteiger charge is -2.19. The van der Waals surface area contributed by atoms with Crippen molar-refractivity contribution in [2.75, 3.05) is 13.7 Å². The van der Waals surface area contributed by atoms with Gasteiger partial charge in [0.25, 0.3) is 11.1 Å². The molecule has 0 spiro atoms. The van der Waals surface area contributed by atoms with Crippen LogP contribution >= 0.6 is 11.8 Å². The fourth-order valence-corrected chi connectivity index (χ4v) is 4.47. The van der Waals surface area contributed by atoms with Crippen LogP contribution in [0.2, 0.25) is 0 Å². The SMILES string of the molecule is COC(=O)C(Cc1ccc(Oc2ccc(/C=C3/SC(=O)NC3=O)cc2)cc1)NC(=O)C1CCCN1. The van der Waals surface area contributed by atoms with E-state index < -0.39 is 17.9 Å². The minimum atomic E-state index is -0.779. The molecule has 0 bridgehead atoms. The third-order valence-electron chi connectivity index (χ3n) is 5.60. The van der Waals surface area contributed by atoms with E-state index in [4.69, 9.17) is 9.47 Å². The lowest BCUT2D eigenvalue weighted by molar-refractivity contribution is -0.145. The van der Waals surface area contributed by atoms with Crippen LogP contribution in [0.4, 0.5) is 4.79 Å². The molecule has 2 aromatic rings.